The fourth-order valence-electron chi connectivity index (χ4n) is 2.57. The molecule has 0 aliphatic carbocycles. The van der Waals surface area contributed by atoms with Crippen LogP contribution in [0.5, 0.6) is 0 Å². The van der Waals surface area contributed by atoms with Gasteiger partial charge in [0.2, 0.25) is 0 Å². The number of imidazole rings is 1. The molecular weight excluding hydrogens is 373 g/mol. The normalized spacial score (nSPS) is 12.6. The first-order valence-corrected chi connectivity index (χ1v) is 7.42. The third kappa shape index (κ3) is 2.89. The summed E-state index contributed by atoms with van der Waals surface area (Å²) in [5, 5.41) is 0.272. The molecular formula is C16H12F5N5O. The first kappa shape index (κ1) is 18.7. The van der Waals surface area contributed by atoms with Gasteiger partial charge >= 0.3 is 12.1 Å². The molecule has 0 saturated heterocycles. The first-order chi connectivity index (χ1) is 12.5. The van der Waals surface area contributed by atoms with Crippen LogP contribution in [-0.2, 0) is 5.92 Å². The SMILES string of the molecule is C=C(C)c1cc(C(F)(F)C(F)(F)F)nc2c1ccc1nc(C(=O)NN)cn12. The van der Waals surface area contributed by atoms with Gasteiger partial charge in [0.25, 0.3) is 5.91 Å². The summed E-state index contributed by atoms with van der Waals surface area (Å²) in [6, 6.07) is 3.58. The van der Waals surface area contributed by atoms with Crippen LogP contribution in [0.15, 0.2) is 31.0 Å². The molecule has 0 bridgehead atoms. The van der Waals surface area contributed by atoms with Crippen molar-refractivity contribution in [1.82, 2.24) is 19.8 Å². The smallest absolute Gasteiger partial charge is 0.289 e. The number of rotatable bonds is 3. The highest BCUT2D eigenvalue weighted by molar-refractivity contribution is 5.94. The summed E-state index contributed by atoms with van der Waals surface area (Å²) in [7, 11) is 0. The monoisotopic (exact) mass is 385 g/mol. The van der Waals surface area contributed by atoms with Gasteiger partial charge in [0, 0.05) is 11.6 Å². The molecule has 27 heavy (non-hydrogen) atoms. The minimum Gasteiger partial charge on any atom is -0.289 e. The fourth-order valence-corrected chi connectivity index (χ4v) is 2.57. The van der Waals surface area contributed by atoms with E-state index in [1.165, 1.54) is 19.1 Å². The predicted octanol–water partition coefficient (Wildman–Crippen LogP) is 3.17. The molecule has 0 spiro atoms. The van der Waals surface area contributed by atoms with E-state index in [1.54, 1.807) is 0 Å². The Kier molecular flexibility index (Phi) is 4.14. The number of halogens is 5. The summed E-state index contributed by atoms with van der Waals surface area (Å²) in [5.41, 5.74) is 0.448. The molecule has 0 aliphatic rings. The lowest BCUT2D eigenvalue weighted by Gasteiger charge is -2.20. The number of nitrogens with two attached hydrogens (primary N) is 1. The zero-order valence-electron chi connectivity index (χ0n) is 13.7. The average molecular weight is 385 g/mol. The molecule has 3 aromatic heterocycles. The molecule has 0 aliphatic heterocycles. The number of fused-ring (bicyclic) bond motifs is 3. The van der Waals surface area contributed by atoms with Gasteiger partial charge in [-0.2, -0.15) is 22.0 Å². The number of hydrogen-bond donors (Lipinski definition) is 2. The number of amides is 1. The number of alkyl halides is 5. The number of hydrogen-bond acceptors (Lipinski definition) is 4. The van der Waals surface area contributed by atoms with Crippen LogP contribution >= 0.6 is 0 Å². The number of allylic oxidation sites excluding steroid dienone is 1. The molecule has 0 radical (unpaired) electrons. The van der Waals surface area contributed by atoms with Crippen molar-refractivity contribution < 1.29 is 26.7 Å². The van der Waals surface area contributed by atoms with E-state index in [9.17, 15) is 26.7 Å². The van der Waals surface area contributed by atoms with Gasteiger partial charge in [-0.3, -0.25) is 14.6 Å². The van der Waals surface area contributed by atoms with E-state index in [1.807, 2.05) is 5.43 Å². The number of nitrogens with zero attached hydrogens (tertiary/aromatic N) is 3. The van der Waals surface area contributed by atoms with Crippen molar-refractivity contribution in [2.75, 3.05) is 0 Å². The predicted molar refractivity (Wildman–Crippen MR) is 86.8 cm³/mol. The lowest BCUT2D eigenvalue weighted by atomic mass is 10.0. The Morgan fingerprint density at radius 3 is 2.44 bits per heavy atom. The van der Waals surface area contributed by atoms with Crippen LogP contribution in [0.4, 0.5) is 22.0 Å². The number of nitrogen functional groups attached to an aromatic ring is 1. The van der Waals surface area contributed by atoms with Crippen LogP contribution in [0.25, 0.3) is 22.3 Å². The summed E-state index contributed by atoms with van der Waals surface area (Å²) in [4.78, 5) is 19.1. The van der Waals surface area contributed by atoms with Crippen molar-refractivity contribution in [2.24, 2.45) is 5.84 Å². The third-order valence-corrected chi connectivity index (χ3v) is 3.90. The van der Waals surface area contributed by atoms with Crippen LogP contribution in [0, 0.1) is 0 Å². The maximum atomic E-state index is 13.9. The molecule has 0 aromatic carbocycles. The van der Waals surface area contributed by atoms with E-state index >= 15 is 0 Å². The Morgan fingerprint density at radius 1 is 1.22 bits per heavy atom. The Balaban J connectivity index is 2.41. The lowest BCUT2D eigenvalue weighted by Crippen LogP contribution is -2.34. The summed E-state index contributed by atoms with van der Waals surface area (Å²) < 4.78 is 67.4. The summed E-state index contributed by atoms with van der Waals surface area (Å²) in [6.07, 6.45) is -4.68. The number of hydrazine groups is 1. The highest BCUT2D eigenvalue weighted by Crippen LogP contribution is 2.44. The fraction of sp³-hybridized carbons (Fsp3) is 0.188. The van der Waals surface area contributed by atoms with Crippen molar-refractivity contribution in [3.8, 4) is 0 Å². The van der Waals surface area contributed by atoms with Gasteiger partial charge in [0.1, 0.15) is 22.7 Å². The average Bonchev–Trinajstić information content (AvgIpc) is 3.03. The Labute approximate surface area is 148 Å². The molecule has 0 unspecified atom stereocenters. The van der Waals surface area contributed by atoms with Crippen LogP contribution in [0.2, 0.25) is 0 Å². The number of carbonyl (C=O) groups is 1. The standard InChI is InChI=1S/C16H12F5N5O/c1-7(2)9-5-11(15(17,18)16(19,20)21)24-13-8(9)3-4-12-23-10(6-26(12)13)14(27)25-22/h3-6H,1,22H2,2H3,(H,25,27). The van der Waals surface area contributed by atoms with Crippen LogP contribution in [-0.4, -0.2) is 26.5 Å². The van der Waals surface area contributed by atoms with Crippen LogP contribution in [0.3, 0.4) is 0 Å². The molecule has 0 saturated carbocycles. The van der Waals surface area contributed by atoms with E-state index in [4.69, 9.17) is 5.84 Å². The topological polar surface area (TPSA) is 85.3 Å². The molecule has 1 amide bonds. The van der Waals surface area contributed by atoms with Crippen LogP contribution in [0.1, 0.15) is 28.7 Å². The summed E-state index contributed by atoms with van der Waals surface area (Å²) in [6.45, 7) is 5.10. The largest absolute Gasteiger partial charge is 0.459 e. The minimum atomic E-state index is -5.83. The zero-order valence-corrected chi connectivity index (χ0v) is 13.7. The van der Waals surface area contributed by atoms with Crippen molar-refractivity contribution >= 4 is 28.2 Å². The second-order valence-electron chi connectivity index (χ2n) is 5.81. The summed E-state index contributed by atoms with van der Waals surface area (Å²) >= 11 is 0. The van der Waals surface area contributed by atoms with E-state index in [0.29, 0.717) is 6.07 Å². The molecule has 3 N–H and O–H groups in total. The van der Waals surface area contributed by atoms with Gasteiger partial charge in [-0.1, -0.05) is 12.2 Å². The third-order valence-electron chi connectivity index (χ3n) is 3.90. The van der Waals surface area contributed by atoms with Gasteiger partial charge in [-0.15, -0.1) is 0 Å². The zero-order chi connectivity index (χ0) is 20.1. The van der Waals surface area contributed by atoms with E-state index in [-0.39, 0.29) is 33.5 Å². The second-order valence-corrected chi connectivity index (χ2v) is 5.81. The second kappa shape index (κ2) is 5.98. The highest BCUT2D eigenvalue weighted by Gasteiger charge is 2.60. The first-order valence-electron chi connectivity index (χ1n) is 7.42. The molecule has 3 rings (SSSR count). The Morgan fingerprint density at radius 2 is 1.89 bits per heavy atom. The lowest BCUT2D eigenvalue weighted by molar-refractivity contribution is -0.290. The minimum absolute atomic E-state index is 0.0688. The van der Waals surface area contributed by atoms with E-state index < -0.39 is 23.7 Å². The maximum Gasteiger partial charge on any atom is 0.459 e. The molecule has 142 valence electrons. The van der Waals surface area contributed by atoms with Gasteiger partial charge in [-0.05, 0) is 30.7 Å². The molecule has 0 atom stereocenters. The Bertz CT molecular complexity index is 1090. The van der Waals surface area contributed by atoms with Crippen molar-refractivity contribution in [2.45, 2.75) is 19.0 Å². The molecule has 6 nitrogen and oxygen atoms in total. The van der Waals surface area contributed by atoms with Crippen molar-refractivity contribution in [3.05, 3.63) is 47.9 Å². The molecule has 3 aromatic rings. The van der Waals surface area contributed by atoms with E-state index in [2.05, 4.69) is 16.5 Å². The van der Waals surface area contributed by atoms with E-state index in [0.717, 1.165) is 10.6 Å². The maximum absolute atomic E-state index is 13.9. The quantitative estimate of drug-likeness (QED) is 0.314. The molecule has 11 heteroatoms. The summed E-state index contributed by atoms with van der Waals surface area (Å²) in [5.74, 6) is -0.904. The van der Waals surface area contributed by atoms with Crippen molar-refractivity contribution in [1.29, 1.82) is 0 Å². The highest BCUT2D eigenvalue weighted by atomic mass is 19.4. The molecule has 3 heterocycles. The van der Waals surface area contributed by atoms with Gasteiger partial charge < -0.3 is 0 Å². The van der Waals surface area contributed by atoms with Crippen LogP contribution < -0.4 is 11.3 Å². The number of carbonyl (C=O) groups excluding carboxylic acids is 1. The Hall–Kier alpha value is -3.08. The molecule has 0 fully saturated rings. The number of pyridine rings is 2. The van der Waals surface area contributed by atoms with Crippen molar-refractivity contribution in [3.63, 3.8) is 0 Å². The van der Waals surface area contributed by atoms with Gasteiger partial charge in [0.05, 0.1) is 0 Å². The number of aromatic nitrogens is 3. The number of nitrogens with one attached hydrogen (secondary N) is 1. The van der Waals surface area contributed by atoms with Gasteiger partial charge in [0.15, 0.2) is 0 Å². The van der Waals surface area contributed by atoms with Gasteiger partial charge in [-0.25, -0.2) is 15.8 Å².